The molecule has 0 radical (unpaired) electrons. The van der Waals surface area contributed by atoms with Crippen molar-refractivity contribution in [3.05, 3.63) is 46.4 Å². The summed E-state index contributed by atoms with van der Waals surface area (Å²) in [6.07, 6.45) is 2.25. The standard InChI is InChI=1S/C14H17N3OS2/c1-2-3-9-19-13-15-12(18)16-14(17-13)20-10-11-7-5-4-6-8-11/h4-8H,2-3,9-10H2,1H3,(H,15,16,17,18). The summed E-state index contributed by atoms with van der Waals surface area (Å²) in [7, 11) is 0. The molecular weight excluding hydrogens is 290 g/mol. The number of nitrogens with one attached hydrogen (secondary N) is 1. The average molecular weight is 307 g/mol. The van der Waals surface area contributed by atoms with Crippen molar-refractivity contribution in [2.24, 2.45) is 0 Å². The summed E-state index contributed by atoms with van der Waals surface area (Å²) in [5, 5.41) is 1.20. The molecule has 0 amide bonds. The van der Waals surface area contributed by atoms with Gasteiger partial charge in [0.1, 0.15) is 0 Å². The van der Waals surface area contributed by atoms with Crippen LogP contribution in [0.3, 0.4) is 0 Å². The Kier molecular flexibility index (Phi) is 6.14. The third kappa shape index (κ3) is 5.02. The zero-order valence-corrected chi connectivity index (χ0v) is 13.0. The van der Waals surface area contributed by atoms with Crippen molar-refractivity contribution >= 4 is 23.5 Å². The van der Waals surface area contributed by atoms with E-state index in [0.717, 1.165) is 24.3 Å². The van der Waals surface area contributed by atoms with Crippen LogP contribution in [0.4, 0.5) is 0 Å². The number of H-pyrrole nitrogens is 1. The Labute approximate surface area is 126 Å². The van der Waals surface area contributed by atoms with E-state index in [1.165, 1.54) is 17.3 Å². The fourth-order valence-corrected chi connectivity index (χ4v) is 3.30. The fourth-order valence-electron chi connectivity index (χ4n) is 1.51. The summed E-state index contributed by atoms with van der Waals surface area (Å²) in [6, 6.07) is 10.1. The number of aromatic nitrogens is 3. The predicted molar refractivity (Wildman–Crippen MR) is 84.3 cm³/mol. The lowest BCUT2D eigenvalue weighted by atomic mass is 10.2. The number of rotatable bonds is 7. The summed E-state index contributed by atoms with van der Waals surface area (Å²) in [5.74, 6) is 1.73. The predicted octanol–water partition coefficient (Wildman–Crippen LogP) is 3.35. The molecule has 0 spiro atoms. The van der Waals surface area contributed by atoms with Gasteiger partial charge in [0.05, 0.1) is 0 Å². The van der Waals surface area contributed by atoms with Crippen molar-refractivity contribution in [3.8, 4) is 0 Å². The van der Waals surface area contributed by atoms with E-state index in [2.05, 4.69) is 34.0 Å². The van der Waals surface area contributed by atoms with Gasteiger partial charge >= 0.3 is 5.69 Å². The van der Waals surface area contributed by atoms with Gasteiger partial charge in [-0.2, -0.15) is 9.97 Å². The van der Waals surface area contributed by atoms with Gasteiger partial charge in [0, 0.05) is 11.5 Å². The number of hydrogen-bond acceptors (Lipinski definition) is 5. The molecule has 0 aliphatic carbocycles. The fraction of sp³-hybridized carbons (Fsp3) is 0.357. The monoisotopic (exact) mass is 307 g/mol. The molecule has 0 atom stereocenters. The third-order valence-electron chi connectivity index (χ3n) is 2.56. The highest BCUT2D eigenvalue weighted by atomic mass is 32.2. The van der Waals surface area contributed by atoms with Crippen LogP contribution < -0.4 is 5.69 Å². The molecule has 0 unspecified atom stereocenters. The van der Waals surface area contributed by atoms with Gasteiger partial charge < -0.3 is 0 Å². The number of aromatic amines is 1. The third-order valence-corrected chi connectivity index (χ3v) is 4.43. The summed E-state index contributed by atoms with van der Waals surface area (Å²) < 4.78 is 0. The molecule has 4 nitrogen and oxygen atoms in total. The Morgan fingerprint density at radius 3 is 2.70 bits per heavy atom. The maximum Gasteiger partial charge on any atom is 0.349 e. The second kappa shape index (κ2) is 8.11. The largest absolute Gasteiger partial charge is 0.349 e. The number of thioether (sulfide) groups is 2. The minimum absolute atomic E-state index is 0.324. The molecule has 1 aromatic heterocycles. The van der Waals surface area contributed by atoms with Crippen LogP contribution >= 0.6 is 23.5 Å². The van der Waals surface area contributed by atoms with Crippen LogP contribution in [0.5, 0.6) is 0 Å². The Balaban J connectivity index is 1.98. The van der Waals surface area contributed by atoms with Gasteiger partial charge in [0.15, 0.2) is 10.3 Å². The second-order valence-corrected chi connectivity index (χ2v) is 6.24. The van der Waals surface area contributed by atoms with Gasteiger partial charge in [-0.1, -0.05) is 67.2 Å². The first-order chi connectivity index (χ1) is 9.78. The van der Waals surface area contributed by atoms with Gasteiger partial charge in [-0.05, 0) is 12.0 Å². The first kappa shape index (κ1) is 15.1. The van der Waals surface area contributed by atoms with E-state index in [0.29, 0.717) is 10.3 Å². The van der Waals surface area contributed by atoms with Crippen LogP contribution in [0, 0.1) is 0 Å². The summed E-state index contributed by atoms with van der Waals surface area (Å²) >= 11 is 3.06. The molecule has 0 aliphatic rings. The van der Waals surface area contributed by atoms with Gasteiger partial charge in [0.25, 0.3) is 0 Å². The molecule has 20 heavy (non-hydrogen) atoms. The number of unbranched alkanes of at least 4 members (excludes halogenated alkanes) is 1. The smallest absolute Gasteiger partial charge is 0.285 e. The van der Waals surface area contributed by atoms with Crippen LogP contribution in [0.2, 0.25) is 0 Å². The van der Waals surface area contributed by atoms with E-state index in [-0.39, 0.29) is 5.69 Å². The number of hydrogen-bond donors (Lipinski definition) is 1. The maximum absolute atomic E-state index is 11.5. The Hall–Kier alpha value is -1.27. The van der Waals surface area contributed by atoms with Crippen molar-refractivity contribution in [2.75, 3.05) is 5.75 Å². The van der Waals surface area contributed by atoms with Crippen molar-refractivity contribution in [3.63, 3.8) is 0 Å². The quantitative estimate of drug-likeness (QED) is 0.628. The molecule has 0 aliphatic heterocycles. The minimum atomic E-state index is -0.324. The van der Waals surface area contributed by atoms with Crippen LogP contribution in [0.15, 0.2) is 45.4 Å². The van der Waals surface area contributed by atoms with Crippen molar-refractivity contribution in [1.82, 2.24) is 15.0 Å². The molecule has 1 N–H and O–H groups in total. The van der Waals surface area contributed by atoms with Gasteiger partial charge in [-0.3, -0.25) is 4.98 Å². The zero-order chi connectivity index (χ0) is 14.2. The highest BCUT2D eigenvalue weighted by Crippen LogP contribution is 2.20. The molecule has 2 rings (SSSR count). The zero-order valence-electron chi connectivity index (χ0n) is 11.3. The second-order valence-electron chi connectivity index (χ2n) is 4.22. The van der Waals surface area contributed by atoms with Crippen LogP contribution in [0.25, 0.3) is 0 Å². The van der Waals surface area contributed by atoms with Crippen molar-refractivity contribution in [1.29, 1.82) is 0 Å². The average Bonchev–Trinajstić information content (AvgIpc) is 2.46. The number of nitrogens with zero attached hydrogens (tertiary/aromatic N) is 2. The Bertz CT molecular complexity index is 586. The molecule has 0 fully saturated rings. The topological polar surface area (TPSA) is 58.6 Å². The van der Waals surface area contributed by atoms with Crippen LogP contribution in [-0.4, -0.2) is 20.7 Å². The molecule has 1 heterocycles. The highest BCUT2D eigenvalue weighted by Gasteiger charge is 2.04. The van der Waals surface area contributed by atoms with E-state index in [1.54, 1.807) is 11.8 Å². The first-order valence-electron chi connectivity index (χ1n) is 6.56. The molecule has 2 aromatic rings. The molecular formula is C14H17N3OS2. The van der Waals surface area contributed by atoms with E-state index >= 15 is 0 Å². The van der Waals surface area contributed by atoms with E-state index < -0.39 is 0 Å². The molecule has 0 saturated heterocycles. The summed E-state index contributed by atoms with van der Waals surface area (Å²) in [6.45, 7) is 2.14. The first-order valence-corrected chi connectivity index (χ1v) is 8.53. The summed E-state index contributed by atoms with van der Waals surface area (Å²) in [4.78, 5) is 22.5. The van der Waals surface area contributed by atoms with Gasteiger partial charge in [-0.15, -0.1) is 0 Å². The number of benzene rings is 1. The van der Waals surface area contributed by atoms with E-state index in [9.17, 15) is 4.79 Å². The SMILES string of the molecule is CCCCSc1nc(SCc2ccccc2)nc(=O)[nH]1. The molecule has 6 heteroatoms. The lowest BCUT2D eigenvalue weighted by Gasteiger charge is -2.03. The van der Waals surface area contributed by atoms with Gasteiger partial charge in [-0.25, -0.2) is 4.79 Å². The van der Waals surface area contributed by atoms with Crippen molar-refractivity contribution < 1.29 is 0 Å². The molecule has 0 bridgehead atoms. The summed E-state index contributed by atoms with van der Waals surface area (Å²) in [5.41, 5.74) is 0.871. The molecule has 106 valence electrons. The normalized spacial score (nSPS) is 10.7. The van der Waals surface area contributed by atoms with Crippen LogP contribution in [0.1, 0.15) is 25.3 Å². The van der Waals surface area contributed by atoms with Crippen LogP contribution in [-0.2, 0) is 5.75 Å². The van der Waals surface area contributed by atoms with Crippen molar-refractivity contribution in [2.45, 2.75) is 35.8 Å². The molecule has 1 aromatic carbocycles. The highest BCUT2D eigenvalue weighted by molar-refractivity contribution is 7.99. The van der Waals surface area contributed by atoms with Gasteiger partial charge in [0.2, 0.25) is 0 Å². The minimum Gasteiger partial charge on any atom is -0.285 e. The lowest BCUT2D eigenvalue weighted by Crippen LogP contribution is -2.14. The lowest BCUT2D eigenvalue weighted by molar-refractivity contribution is 0.765. The molecule has 0 saturated carbocycles. The van der Waals surface area contributed by atoms with E-state index in [4.69, 9.17) is 0 Å². The van der Waals surface area contributed by atoms with E-state index in [1.807, 2.05) is 18.2 Å². The maximum atomic E-state index is 11.5. The Morgan fingerprint density at radius 2 is 1.95 bits per heavy atom. The Morgan fingerprint density at radius 1 is 1.15 bits per heavy atom.